The number of aliphatic hydroxyl groups excluding tert-OH is 1. The molecule has 0 aliphatic carbocycles. The molecule has 0 radical (unpaired) electrons. The quantitative estimate of drug-likeness (QED) is 0.366. The summed E-state index contributed by atoms with van der Waals surface area (Å²) in [5, 5.41) is 18.6. The van der Waals surface area contributed by atoms with E-state index in [0.29, 0.717) is 11.0 Å². The largest absolute Gasteiger partial charge is 0.392 e. The molecular weight excluding hydrogens is 331 g/mol. The number of halogens is 1. The number of rotatable bonds is 5. The molecule has 0 fully saturated rings. The van der Waals surface area contributed by atoms with E-state index in [2.05, 4.69) is 11.8 Å². The Morgan fingerprint density at radius 2 is 2.00 bits per heavy atom. The van der Waals surface area contributed by atoms with Crippen molar-refractivity contribution >= 4 is 22.6 Å². The standard InChI is InChI=1S/C13H15IO3/c14-10-13(16,11-15)7-4-8-17-9-12-5-2-1-3-6-12/h1-3,5-6,15-16H,8-11H2/t13-/m1/s1. The molecule has 4 heteroatoms. The Bertz CT molecular complexity index is 377. The van der Waals surface area contributed by atoms with E-state index in [0.717, 1.165) is 5.56 Å². The summed E-state index contributed by atoms with van der Waals surface area (Å²) in [6, 6.07) is 9.80. The van der Waals surface area contributed by atoms with Crippen molar-refractivity contribution in [2.45, 2.75) is 12.2 Å². The minimum absolute atomic E-state index is 0.244. The molecule has 92 valence electrons. The topological polar surface area (TPSA) is 49.7 Å². The van der Waals surface area contributed by atoms with Gasteiger partial charge < -0.3 is 14.9 Å². The number of alkyl halides is 1. The first kappa shape index (κ1) is 14.5. The first-order chi connectivity index (χ1) is 8.20. The van der Waals surface area contributed by atoms with Crippen LogP contribution in [0.15, 0.2) is 30.3 Å². The first-order valence-corrected chi connectivity index (χ1v) is 6.73. The normalized spacial score (nSPS) is 13.6. The van der Waals surface area contributed by atoms with E-state index in [1.165, 1.54) is 0 Å². The third-order valence-corrected chi connectivity index (χ3v) is 3.35. The van der Waals surface area contributed by atoms with E-state index in [9.17, 15) is 5.11 Å². The molecule has 0 unspecified atom stereocenters. The lowest BCUT2D eigenvalue weighted by molar-refractivity contribution is 0.0578. The van der Waals surface area contributed by atoms with Crippen molar-refractivity contribution in [1.82, 2.24) is 0 Å². The van der Waals surface area contributed by atoms with Crippen LogP contribution < -0.4 is 0 Å². The van der Waals surface area contributed by atoms with Gasteiger partial charge in [0, 0.05) is 4.43 Å². The molecule has 0 saturated heterocycles. The predicted molar refractivity (Wildman–Crippen MR) is 74.8 cm³/mol. The lowest BCUT2D eigenvalue weighted by atomic mass is 10.1. The molecule has 1 atom stereocenters. The molecular formula is C13H15IO3. The molecule has 0 aromatic heterocycles. The van der Waals surface area contributed by atoms with Gasteiger partial charge >= 0.3 is 0 Å². The van der Waals surface area contributed by atoms with Gasteiger partial charge in [-0.05, 0) is 5.56 Å². The number of ether oxygens (including phenoxy) is 1. The molecule has 1 aromatic carbocycles. The molecule has 1 aromatic rings. The Hall–Kier alpha value is -0.610. The molecule has 2 N–H and O–H groups in total. The zero-order valence-electron chi connectivity index (χ0n) is 9.40. The molecule has 0 saturated carbocycles. The Morgan fingerprint density at radius 3 is 2.59 bits per heavy atom. The average Bonchev–Trinajstić information content (AvgIpc) is 2.39. The SMILES string of the molecule is OC[C@@](O)(C#CCOCc1ccccc1)CI. The molecule has 1 rings (SSSR count). The molecule has 0 bridgehead atoms. The summed E-state index contributed by atoms with van der Waals surface area (Å²) in [5.41, 5.74) is -0.225. The van der Waals surface area contributed by atoms with Crippen molar-refractivity contribution in [2.75, 3.05) is 17.6 Å². The number of hydrogen-bond donors (Lipinski definition) is 2. The third kappa shape index (κ3) is 5.50. The van der Waals surface area contributed by atoms with Gasteiger partial charge in [0.15, 0.2) is 5.60 Å². The fourth-order valence-corrected chi connectivity index (χ4v) is 1.54. The summed E-state index contributed by atoms with van der Waals surface area (Å²) in [5.74, 6) is 5.32. The van der Waals surface area contributed by atoms with Gasteiger partial charge in [0.1, 0.15) is 6.61 Å². The Balaban J connectivity index is 2.31. The van der Waals surface area contributed by atoms with Crippen LogP contribution in [-0.4, -0.2) is 33.5 Å². The van der Waals surface area contributed by atoms with Gasteiger partial charge in [-0.1, -0.05) is 64.8 Å². The van der Waals surface area contributed by atoms with E-state index in [4.69, 9.17) is 9.84 Å². The van der Waals surface area contributed by atoms with E-state index < -0.39 is 5.60 Å². The van der Waals surface area contributed by atoms with Crippen molar-refractivity contribution < 1.29 is 14.9 Å². The van der Waals surface area contributed by atoms with Crippen molar-refractivity contribution in [1.29, 1.82) is 0 Å². The second-order valence-corrected chi connectivity index (χ2v) is 4.37. The number of hydrogen-bond acceptors (Lipinski definition) is 3. The average molecular weight is 346 g/mol. The Labute approximate surface area is 115 Å². The van der Waals surface area contributed by atoms with E-state index in [-0.39, 0.29) is 13.2 Å². The first-order valence-electron chi connectivity index (χ1n) is 5.21. The van der Waals surface area contributed by atoms with Crippen LogP contribution in [0, 0.1) is 11.8 Å². The van der Waals surface area contributed by atoms with Crippen molar-refractivity contribution in [3.05, 3.63) is 35.9 Å². The molecule has 17 heavy (non-hydrogen) atoms. The van der Waals surface area contributed by atoms with Crippen molar-refractivity contribution in [2.24, 2.45) is 0 Å². The highest BCUT2D eigenvalue weighted by Gasteiger charge is 2.20. The van der Waals surface area contributed by atoms with Gasteiger partial charge in [0.2, 0.25) is 0 Å². The Morgan fingerprint density at radius 1 is 1.29 bits per heavy atom. The maximum Gasteiger partial charge on any atom is 0.157 e. The van der Waals surface area contributed by atoms with E-state index >= 15 is 0 Å². The maximum atomic E-state index is 9.66. The predicted octanol–water partition coefficient (Wildman–Crippen LogP) is 1.36. The molecule has 0 aliphatic rings. The maximum absolute atomic E-state index is 9.66. The fourth-order valence-electron chi connectivity index (χ4n) is 1.11. The molecule has 0 heterocycles. The van der Waals surface area contributed by atoms with Crippen molar-refractivity contribution in [3.8, 4) is 11.8 Å². The van der Waals surface area contributed by atoms with Crippen LogP contribution >= 0.6 is 22.6 Å². The third-order valence-electron chi connectivity index (χ3n) is 2.09. The minimum Gasteiger partial charge on any atom is -0.392 e. The van der Waals surface area contributed by atoms with Crippen molar-refractivity contribution in [3.63, 3.8) is 0 Å². The lowest BCUT2D eigenvalue weighted by Crippen LogP contribution is -2.33. The summed E-state index contributed by atoms with van der Waals surface area (Å²) >= 11 is 1.98. The van der Waals surface area contributed by atoms with Crippen LogP contribution in [0.25, 0.3) is 0 Å². The lowest BCUT2D eigenvalue weighted by Gasteiger charge is -2.14. The number of aliphatic hydroxyl groups is 2. The van der Waals surface area contributed by atoms with Crippen LogP contribution in [0.5, 0.6) is 0 Å². The van der Waals surface area contributed by atoms with Gasteiger partial charge in [0.25, 0.3) is 0 Å². The summed E-state index contributed by atoms with van der Waals surface area (Å²) in [7, 11) is 0. The van der Waals surface area contributed by atoms with Crippen LogP contribution in [0.3, 0.4) is 0 Å². The van der Waals surface area contributed by atoms with Gasteiger partial charge in [-0.25, -0.2) is 0 Å². The van der Waals surface area contributed by atoms with Gasteiger partial charge in [-0.15, -0.1) is 0 Å². The van der Waals surface area contributed by atoms with Crippen LogP contribution in [-0.2, 0) is 11.3 Å². The zero-order chi connectivity index (χ0) is 12.6. The summed E-state index contributed by atoms with van der Waals surface area (Å²) < 4.78 is 5.70. The number of benzene rings is 1. The smallest absolute Gasteiger partial charge is 0.157 e. The zero-order valence-corrected chi connectivity index (χ0v) is 11.6. The highest BCUT2D eigenvalue weighted by atomic mass is 127. The van der Waals surface area contributed by atoms with E-state index in [1.54, 1.807) is 0 Å². The molecule has 0 amide bonds. The second-order valence-electron chi connectivity index (χ2n) is 3.60. The summed E-state index contributed by atoms with van der Waals surface area (Å²) in [4.78, 5) is 0. The van der Waals surface area contributed by atoms with Crippen LogP contribution in [0.4, 0.5) is 0 Å². The highest BCUT2D eigenvalue weighted by molar-refractivity contribution is 14.1. The van der Waals surface area contributed by atoms with Gasteiger partial charge in [-0.2, -0.15) is 0 Å². The van der Waals surface area contributed by atoms with Crippen LogP contribution in [0.1, 0.15) is 5.56 Å². The summed E-state index contributed by atoms with van der Waals surface area (Å²) in [6.07, 6.45) is 0. The van der Waals surface area contributed by atoms with Gasteiger partial charge in [-0.3, -0.25) is 0 Å². The summed E-state index contributed by atoms with van der Waals surface area (Å²) in [6.45, 7) is 0.382. The molecule has 3 nitrogen and oxygen atoms in total. The monoisotopic (exact) mass is 346 g/mol. The van der Waals surface area contributed by atoms with E-state index in [1.807, 2.05) is 52.9 Å². The highest BCUT2D eigenvalue weighted by Crippen LogP contribution is 2.06. The Kier molecular flexibility index (Phi) is 6.52. The van der Waals surface area contributed by atoms with Crippen LogP contribution in [0.2, 0.25) is 0 Å². The fraction of sp³-hybridized carbons (Fsp3) is 0.385. The van der Waals surface area contributed by atoms with Gasteiger partial charge in [0.05, 0.1) is 13.2 Å². The molecule has 0 aliphatic heterocycles. The molecule has 0 spiro atoms. The second kappa shape index (κ2) is 7.67. The minimum atomic E-state index is -1.31.